The van der Waals surface area contributed by atoms with Crippen molar-refractivity contribution in [2.75, 3.05) is 20.6 Å². The molecule has 1 rings (SSSR count). The SMILES string of the molecule is CNC(C)(C#N)CCCCN(C)C1CCC(C)CC1. The smallest absolute Gasteiger partial charge is 0.103 e. The van der Waals surface area contributed by atoms with E-state index >= 15 is 0 Å². The van der Waals surface area contributed by atoms with Crippen LogP contribution in [0.2, 0.25) is 0 Å². The molecule has 0 bridgehead atoms. The van der Waals surface area contributed by atoms with Crippen LogP contribution in [0.15, 0.2) is 0 Å². The average Bonchev–Trinajstić information content (AvgIpc) is 2.44. The zero-order valence-electron chi connectivity index (χ0n) is 13.2. The van der Waals surface area contributed by atoms with E-state index in [9.17, 15) is 0 Å². The number of nitrogens with one attached hydrogen (secondary N) is 1. The lowest BCUT2D eigenvalue weighted by molar-refractivity contribution is 0.167. The minimum atomic E-state index is -0.348. The number of rotatable bonds is 7. The molecule has 1 N–H and O–H groups in total. The zero-order valence-corrected chi connectivity index (χ0v) is 13.2. The third kappa shape index (κ3) is 5.50. The van der Waals surface area contributed by atoms with E-state index in [0.29, 0.717) is 0 Å². The van der Waals surface area contributed by atoms with E-state index in [1.54, 1.807) is 0 Å². The summed E-state index contributed by atoms with van der Waals surface area (Å²) in [7, 11) is 4.14. The summed E-state index contributed by atoms with van der Waals surface area (Å²) in [6.07, 6.45) is 8.77. The fraction of sp³-hybridized carbons (Fsp3) is 0.938. The number of unbranched alkanes of at least 4 members (excludes halogenated alkanes) is 1. The van der Waals surface area contributed by atoms with Crippen molar-refractivity contribution in [1.29, 1.82) is 5.26 Å². The van der Waals surface area contributed by atoms with Gasteiger partial charge in [-0.3, -0.25) is 0 Å². The molecule has 0 radical (unpaired) electrons. The van der Waals surface area contributed by atoms with E-state index in [1.165, 1.54) is 38.6 Å². The molecule has 3 nitrogen and oxygen atoms in total. The van der Waals surface area contributed by atoms with Crippen molar-refractivity contribution in [3.63, 3.8) is 0 Å². The fourth-order valence-electron chi connectivity index (χ4n) is 2.94. The van der Waals surface area contributed by atoms with Gasteiger partial charge in [0.25, 0.3) is 0 Å². The first-order chi connectivity index (χ1) is 9.00. The number of nitrogens with zero attached hydrogens (tertiary/aromatic N) is 2. The fourth-order valence-corrected chi connectivity index (χ4v) is 2.94. The largest absolute Gasteiger partial charge is 0.303 e. The first kappa shape index (κ1) is 16.5. The molecule has 110 valence electrons. The number of hydrogen-bond acceptors (Lipinski definition) is 3. The van der Waals surface area contributed by atoms with Crippen molar-refractivity contribution in [3.8, 4) is 6.07 Å². The maximum absolute atomic E-state index is 9.10. The first-order valence-corrected chi connectivity index (χ1v) is 7.81. The summed E-state index contributed by atoms with van der Waals surface area (Å²) < 4.78 is 0. The highest BCUT2D eigenvalue weighted by Gasteiger charge is 2.22. The van der Waals surface area contributed by atoms with Gasteiger partial charge in [-0.2, -0.15) is 5.26 Å². The predicted octanol–water partition coefficient (Wildman–Crippen LogP) is 3.17. The Morgan fingerprint density at radius 1 is 1.26 bits per heavy atom. The molecule has 1 unspecified atom stereocenters. The first-order valence-electron chi connectivity index (χ1n) is 7.81. The molecule has 0 saturated heterocycles. The Bertz CT molecular complexity index is 289. The molecule has 1 atom stereocenters. The van der Waals surface area contributed by atoms with Crippen molar-refractivity contribution >= 4 is 0 Å². The molecule has 3 heteroatoms. The van der Waals surface area contributed by atoms with Gasteiger partial charge in [-0.15, -0.1) is 0 Å². The molecule has 0 heterocycles. The lowest BCUT2D eigenvalue weighted by Gasteiger charge is -2.33. The van der Waals surface area contributed by atoms with Gasteiger partial charge in [-0.25, -0.2) is 0 Å². The highest BCUT2D eigenvalue weighted by atomic mass is 15.1. The third-order valence-corrected chi connectivity index (χ3v) is 4.84. The summed E-state index contributed by atoms with van der Waals surface area (Å²) in [5.41, 5.74) is -0.348. The Balaban J connectivity index is 2.17. The van der Waals surface area contributed by atoms with Gasteiger partial charge in [0.15, 0.2) is 0 Å². The van der Waals surface area contributed by atoms with Gasteiger partial charge in [0.1, 0.15) is 5.54 Å². The van der Waals surface area contributed by atoms with E-state index in [-0.39, 0.29) is 5.54 Å². The molecular weight excluding hydrogens is 234 g/mol. The molecule has 1 aliphatic carbocycles. The molecule has 0 aromatic rings. The Kier molecular flexibility index (Phi) is 6.82. The minimum Gasteiger partial charge on any atom is -0.303 e. The van der Waals surface area contributed by atoms with E-state index in [4.69, 9.17) is 5.26 Å². The second-order valence-electron chi connectivity index (χ2n) is 6.55. The van der Waals surface area contributed by atoms with Gasteiger partial charge in [0, 0.05) is 6.04 Å². The lowest BCUT2D eigenvalue weighted by atomic mass is 9.86. The van der Waals surface area contributed by atoms with Crippen LogP contribution in [0, 0.1) is 17.2 Å². The van der Waals surface area contributed by atoms with Crippen LogP contribution in [0.4, 0.5) is 0 Å². The normalized spacial score (nSPS) is 26.9. The molecule has 0 amide bonds. The van der Waals surface area contributed by atoms with Crippen LogP contribution >= 0.6 is 0 Å². The standard InChI is InChI=1S/C16H31N3/c1-14-7-9-15(10-8-14)19(4)12-6-5-11-16(2,13-17)18-3/h14-15,18H,5-12H2,1-4H3. The van der Waals surface area contributed by atoms with E-state index in [1.807, 2.05) is 14.0 Å². The van der Waals surface area contributed by atoms with Crippen molar-refractivity contribution in [3.05, 3.63) is 0 Å². The number of nitriles is 1. The monoisotopic (exact) mass is 265 g/mol. The van der Waals surface area contributed by atoms with E-state index in [0.717, 1.165) is 24.8 Å². The van der Waals surface area contributed by atoms with Gasteiger partial charge < -0.3 is 10.2 Å². The maximum atomic E-state index is 9.10. The van der Waals surface area contributed by atoms with Crippen molar-refractivity contribution < 1.29 is 0 Å². The third-order valence-electron chi connectivity index (χ3n) is 4.84. The quantitative estimate of drug-likeness (QED) is 0.719. The van der Waals surface area contributed by atoms with Gasteiger partial charge in [0.05, 0.1) is 6.07 Å². The van der Waals surface area contributed by atoms with Crippen LogP contribution in [0.1, 0.15) is 58.8 Å². The van der Waals surface area contributed by atoms with E-state index < -0.39 is 0 Å². The van der Waals surface area contributed by atoms with E-state index in [2.05, 4.69) is 30.3 Å². The Morgan fingerprint density at radius 3 is 2.42 bits per heavy atom. The lowest BCUT2D eigenvalue weighted by Crippen LogP contribution is -2.38. The Labute approximate surface area is 119 Å². The molecule has 1 fully saturated rings. The maximum Gasteiger partial charge on any atom is 0.103 e. The second kappa shape index (κ2) is 7.87. The molecule has 0 aromatic carbocycles. The molecule has 1 aliphatic rings. The van der Waals surface area contributed by atoms with Crippen LogP contribution in [0.25, 0.3) is 0 Å². The Morgan fingerprint density at radius 2 is 1.89 bits per heavy atom. The van der Waals surface area contributed by atoms with Crippen LogP contribution in [0.5, 0.6) is 0 Å². The molecule has 1 saturated carbocycles. The van der Waals surface area contributed by atoms with Crippen LogP contribution in [-0.2, 0) is 0 Å². The van der Waals surface area contributed by atoms with Crippen LogP contribution in [-0.4, -0.2) is 37.1 Å². The van der Waals surface area contributed by atoms with Gasteiger partial charge in [0.2, 0.25) is 0 Å². The zero-order chi connectivity index (χ0) is 14.3. The molecular formula is C16H31N3. The van der Waals surface area contributed by atoms with Crippen molar-refractivity contribution in [2.45, 2.75) is 70.4 Å². The van der Waals surface area contributed by atoms with Crippen molar-refractivity contribution in [2.24, 2.45) is 5.92 Å². The van der Waals surface area contributed by atoms with Crippen LogP contribution in [0.3, 0.4) is 0 Å². The van der Waals surface area contributed by atoms with Gasteiger partial charge in [-0.05, 0) is 78.4 Å². The highest BCUT2D eigenvalue weighted by molar-refractivity contribution is 5.02. The van der Waals surface area contributed by atoms with Gasteiger partial charge in [-0.1, -0.05) is 6.92 Å². The summed E-state index contributed by atoms with van der Waals surface area (Å²) in [5.74, 6) is 0.927. The van der Waals surface area contributed by atoms with Crippen LogP contribution < -0.4 is 5.32 Å². The highest BCUT2D eigenvalue weighted by Crippen LogP contribution is 2.26. The average molecular weight is 265 g/mol. The summed E-state index contributed by atoms with van der Waals surface area (Å²) in [4.78, 5) is 2.54. The summed E-state index contributed by atoms with van der Waals surface area (Å²) in [6, 6.07) is 3.15. The Hall–Kier alpha value is -0.590. The summed E-state index contributed by atoms with van der Waals surface area (Å²) in [5, 5.41) is 12.2. The summed E-state index contributed by atoms with van der Waals surface area (Å²) >= 11 is 0. The minimum absolute atomic E-state index is 0.348. The second-order valence-corrected chi connectivity index (χ2v) is 6.55. The predicted molar refractivity (Wildman–Crippen MR) is 81.0 cm³/mol. The molecule has 19 heavy (non-hydrogen) atoms. The van der Waals surface area contributed by atoms with Gasteiger partial charge >= 0.3 is 0 Å². The number of hydrogen-bond donors (Lipinski definition) is 1. The topological polar surface area (TPSA) is 39.1 Å². The molecule has 0 aromatic heterocycles. The molecule has 0 aliphatic heterocycles. The van der Waals surface area contributed by atoms with Crippen molar-refractivity contribution in [1.82, 2.24) is 10.2 Å². The molecule has 0 spiro atoms. The summed E-state index contributed by atoms with van der Waals surface area (Å²) in [6.45, 7) is 5.53.